The van der Waals surface area contributed by atoms with Crippen LogP contribution in [0.3, 0.4) is 0 Å². The molecule has 2 aromatic heterocycles. The van der Waals surface area contributed by atoms with Gasteiger partial charge in [-0.25, -0.2) is 4.98 Å². The number of amides is 1. The number of hydrogen-bond donors (Lipinski definition) is 2. The molecule has 2 saturated heterocycles. The molecule has 2 aliphatic rings. The molecular formula is C16H17N3O2S. The molecular weight excluding hydrogens is 298 g/mol. The van der Waals surface area contributed by atoms with E-state index in [2.05, 4.69) is 15.6 Å². The number of nitrogens with zero attached hydrogens (tertiary/aromatic N) is 1. The Labute approximate surface area is 132 Å². The summed E-state index contributed by atoms with van der Waals surface area (Å²) in [7, 11) is 0. The van der Waals surface area contributed by atoms with Gasteiger partial charge in [0, 0.05) is 30.4 Å². The van der Waals surface area contributed by atoms with Crippen LogP contribution in [0.1, 0.15) is 28.9 Å². The molecule has 5 nitrogen and oxygen atoms in total. The average Bonchev–Trinajstić information content (AvgIpc) is 3.24. The zero-order chi connectivity index (χ0) is 14.9. The molecule has 2 fully saturated rings. The number of carbonyl (C=O) groups excluding carboxylic acids is 1. The number of thiophene rings is 1. The second kappa shape index (κ2) is 5.70. The number of carbonyl (C=O) groups is 1. The van der Waals surface area contributed by atoms with E-state index in [9.17, 15) is 4.79 Å². The Morgan fingerprint density at radius 2 is 2.27 bits per heavy atom. The fraction of sp³-hybridized carbons (Fsp3) is 0.375. The van der Waals surface area contributed by atoms with Gasteiger partial charge in [-0.05, 0) is 37.5 Å². The molecule has 2 aromatic rings. The van der Waals surface area contributed by atoms with E-state index in [-0.39, 0.29) is 11.9 Å². The van der Waals surface area contributed by atoms with Crippen molar-refractivity contribution in [3.63, 3.8) is 0 Å². The first kappa shape index (κ1) is 13.7. The normalized spacial score (nSPS) is 26.1. The number of pyridine rings is 1. The van der Waals surface area contributed by atoms with Crippen molar-refractivity contribution in [1.29, 1.82) is 0 Å². The molecule has 2 N–H and O–H groups in total. The van der Waals surface area contributed by atoms with Crippen LogP contribution in [0.25, 0.3) is 0 Å². The van der Waals surface area contributed by atoms with Gasteiger partial charge in [0.15, 0.2) is 5.06 Å². The fourth-order valence-electron chi connectivity index (χ4n) is 3.23. The van der Waals surface area contributed by atoms with Crippen LogP contribution in [-0.4, -0.2) is 29.0 Å². The summed E-state index contributed by atoms with van der Waals surface area (Å²) in [6.07, 6.45) is 5.12. The van der Waals surface area contributed by atoms with Crippen molar-refractivity contribution in [3.8, 4) is 10.9 Å². The van der Waals surface area contributed by atoms with Gasteiger partial charge in [0.2, 0.25) is 5.88 Å². The number of rotatable bonds is 4. The van der Waals surface area contributed by atoms with Crippen molar-refractivity contribution < 1.29 is 9.53 Å². The van der Waals surface area contributed by atoms with E-state index in [1.807, 2.05) is 18.2 Å². The second-order valence-electron chi connectivity index (χ2n) is 5.75. The van der Waals surface area contributed by atoms with Crippen LogP contribution < -0.4 is 15.4 Å². The maximum absolute atomic E-state index is 12.3. The highest BCUT2D eigenvalue weighted by Gasteiger charge is 2.39. The van der Waals surface area contributed by atoms with E-state index in [1.54, 1.807) is 18.3 Å². The summed E-state index contributed by atoms with van der Waals surface area (Å²) in [6.45, 7) is 0. The summed E-state index contributed by atoms with van der Waals surface area (Å²) < 4.78 is 5.64. The molecule has 4 rings (SSSR count). The third-order valence-corrected chi connectivity index (χ3v) is 5.23. The molecule has 0 aromatic carbocycles. The highest BCUT2D eigenvalue weighted by atomic mass is 32.1. The Balaban J connectivity index is 1.39. The number of hydrogen-bond acceptors (Lipinski definition) is 5. The van der Waals surface area contributed by atoms with E-state index in [0.717, 1.165) is 12.8 Å². The van der Waals surface area contributed by atoms with Gasteiger partial charge in [-0.2, -0.15) is 0 Å². The largest absolute Gasteiger partial charge is 0.428 e. The summed E-state index contributed by atoms with van der Waals surface area (Å²) in [6, 6.07) is 10.4. The van der Waals surface area contributed by atoms with E-state index >= 15 is 0 Å². The van der Waals surface area contributed by atoms with Gasteiger partial charge in [0.25, 0.3) is 5.91 Å². The van der Waals surface area contributed by atoms with Crippen LogP contribution in [0.2, 0.25) is 0 Å². The summed E-state index contributed by atoms with van der Waals surface area (Å²) in [4.78, 5) is 17.1. The highest BCUT2D eigenvalue weighted by molar-refractivity contribution is 7.15. The summed E-state index contributed by atoms with van der Waals surface area (Å²) >= 11 is 1.34. The van der Waals surface area contributed by atoms with Crippen LogP contribution in [0, 0.1) is 0 Å². The van der Waals surface area contributed by atoms with Gasteiger partial charge in [0.05, 0.1) is 4.88 Å². The van der Waals surface area contributed by atoms with Crippen molar-refractivity contribution >= 4 is 17.2 Å². The minimum absolute atomic E-state index is 0.0137. The van der Waals surface area contributed by atoms with Crippen LogP contribution in [0.5, 0.6) is 10.9 Å². The lowest BCUT2D eigenvalue weighted by Gasteiger charge is -2.20. The van der Waals surface area contributed by atoms with Crippen molar-refractivity contribution in [3.05, 3.63) is 41.4 Å². The van der Waals surface area contributed by atoms with Gasteiger partial charge in [-0.3, -0.25) is 4.79 Å². The predicted molar refractivity (Wildman–Crippen MR) is 84.4 cm³/mol. The second-order valence-corrected chi connectivity index (χ2v) is 6.80. The Hall–Kier alpha value is -1.92. The Morgan fingerprint density at radius 1 is 1.32 bits per heavy atom. The fourth-order valence-corrected chi connectivity index (χ4v) is 4.00. The lowest BCUT2D eigenvalue weighted by Crippen LogP contribution is -2.42. The number of ether oxygens (including phenoxy) is 1. The van der Waals surface area contributed by atoms with Gasteiger partial charge < -0.3 is 15.4 Å². The third kappa shape index (κ3) is 2.71. The van der Waals surface area contributed by atoms with Crippen molar-refractivity contribution in [2.75, 3.05) is 0 Å². The molecule has 0 saturated carbocycles. The SMILES string of the molecule is O=C(NC1CC2CCC1N2)c1ccc(Oc2ccccn2)s1. The maximum atomic E-state index is 12.3. The van der Waals surface area contributed by atoms with Crippen LogP contribution in [-0.2, 0) is 0 Å². The maximum Gasteiger partial charge on any atom is 0.261 e. The molecule has 114 valence electrons. The molecule has 3 atom stereocenters. The first-order valence-electron chi connectivity index (χ1n) is 7.53. The minimum atomic E-state index is -0.0137. The molecule has 22 heavy (non-hydrogen) atoms. The van der Waals surface area contributed by atoms with Crippen molar-refractivity contribution in [2.45, 2.75) is 37.4 Å². The van der Waals surface area contributed by atoms with Crippen LogP contribution in [0.4, 0.5) is 0 Å². The molecule has 2 aliphatic heterocycles. The Morgan fingerprint density at radius 3 is 3.00 bits per heavy atom. The Bertz CT molecular complexity index is 673. The summed E-state index contributed by atoms with van der Waals surface area (Å²) in [5.41, 5.74) is 0. The smallest absolute Gasteiger partial charge is 0.261 e. The topological polar surface area (TPSA) is 63.2 Å². The lowest BCUT2D eigenvalue weighted by atomic mass is 9.95. The molecule has 3 unspecified atom stereocenters. The number of aromatic nitrogens is 1. The van der Waals surface area contributed by atoms with Crippen molar-refractivity contribution in [2.24, 2.45) is 0 Å². The highest BCUT2D eigenvalue weighted by Crippen LogP contribution is 2.30. The van der Waals surface area contributed by atoms with Gasteiger partial charge >= 0.3 is 0 Å². The first-order valence-corrected chi connectivity index (χ1v) is 8.35. The number of fused-ring (bicyclic) bond motifs is 2. The molecule has 0 aliphatic carbocycles. The van der Waals surface area contributed by atoms with Crippen molar-refractivity contribution in [1.82, 2.24) is 15.6 Å². The lowest BCUT2D eigenvalue weighted by molar-refractivity contribution is 0.0935. The monoisotopic (exact) mass is 315 g/mol. The van der Waals surface area contributed by atoms with Gasteiger partial charge in [-0.1, -0.05) is 17.4 Å². The molecule has 4 heterocycles. The first-order chi connectivity index (χ1) is 10.8. The third-order valence-electron chi connectivity index (χ3n) is 4.26. The van der Waals surface area contributed by atoms with Crippen LogP contribution in [0.15, 0.2) is 36.5 Å². The van der Waals surface area contributed by atoms with E-state index in [1.165, 1.54) is 17.8 Å². The standard InChI is InChI=1S/C16H17N3O2S/c20-16(19-12-9-10-4-5-11(12)18-10)13-6-7-15(22-13)21-14-3-1-2-8-17-14/h1-3,6-8,10-12,18H,4-5,9H2,(H,19,20). The summed E-state index contributed by atoms with van der Waals surface area (Å²) in [5.74, 6) is 0.522. The van der Waals surface area contributed by atoms with Gasteiger partial charge in [0.1, 0.15) is 0 Å². The van der Waals surface area contributed by atoms with Crippen LogP contribution >= 0.6 is 11.3 Å². The molecule has 0 radical (unpaired) electrons. The molecule has 2 bridgehead atoms. The minimum Gasteiger partial charge on any atom is -0.428 e. The zero-order valence-electron chi connectivity index (χ0n) is 12.0. The van der Waals surface area contributed by atoms with E-state index < -0.39 is 0 Å². The van der Waals surface area contributed by atoms with E-state index in [4.69, 9.17) is 4.74 Å². The molecule has 1 amide bonds. The average molecular weight is 315 g/mol. The Kier molecular flexibility index (Phi) is 3.56. The molecule has 0 spiro atoms. The predicted octanol–water partition coefficient (Wildman–Crippen LogP) is 2.56. The number of nitrogens with one attached hydrogen (secondary N) is 2. The zero-order valence-corrected chi connectivity index (χ0v) is 12.8. The summed E-state index contributed by atoms with van der Waals surface area (Å²) in [5, 5.41) is 7.35. The quantitative estimate of drug-likeness (QED) is 0.910. The van der Waals surface area contributed by atoms with E-state index in [0.29, 0.717) is 27.9 Å². The van der Waals surface area contributed by atoms with Gasteiger partial charge in [-0.15, -0.1) is 0 Å². The molecule has 6 heteroatoms.